The molecule has 0 spiro atoms. The molecule has 1 aliphatic heterocycles. The zero-order valence-electron chi connectivity index (χ0n) is 8.23. The number of carbonyl (C=O) groups is 2. The van der Waals surface area contributed by atoms with E-state index in [9.17, 15) is 9.59 Å². The van der Waals surface area contributed by atoms with Gasteiger partial charge in [0.1, 0.15) is 5.76 Å². The number of nitrogens with zero attached hydrogens (tertiary/aromatic N) is 1. The first kappa shape index (κ1) is 9.76. The van der Waals surface area contributed by atoms with Crippen LogP contribution < -0.4 is 5.32 Å². The Labute approximate surface area is 87.0 Å². The number of urea groups is 1. The molecular weight excluding hydrogens is 196 g/mol. The van der Waals surface area contributed by atoms with E-state index in [0.717, 1.165) is 5.76 Å². The lowest BCUT2D eigenvalue weighted by atomic mass is 10.2. The first-order valence-corrected chi connectivity index (χ1v) is 4.87. The average molecular weight is 208 g/mol. The van der Waals surface area contributed by atoms with Crippen molar-refractivity contribution in [2.75, 3.05) is 13.1 Å². The summed E-state index contributed by atoms with van der Waals surface area (Å²) in [6.45, 7) is 1.07. The summed E-state index contributed by atoms with van der Waals surface area (Å²) in [5.74, 6) is 0.647. The number of rotatable bonds is 3. The molecule has 2 rings (SSSR count). The topological polar surface area (TPSA) is 62.6 Å². The second kappa shape index (κ2) is 4.16. The van der Waals surface area contributed by atoms with Crippen molar-refractivity contribution in [2.24, 2.45) is 0 Å². The normalized spacial score (nSPS) is 16.7. The Kier molecular flexibility index (Phi) is 2.71. The maximum Gasteiger partial charge on any atom is 0.324 e. The van der Waals surface area contributed by atoms with Crippen molar-refractivity contribution in [2.45, 2.75) is 12.8 Å². The van der Waals surface area contributed by atoms with Crippen LogP contribution in [0.5, 0.6) is 0 Å². The molecule has 3 amide bonds. The van der Waals surface area contributed by atoms with Crippen molar-refractivity contribution >= 4 is 11.9 Å². The zero-order chi connectivity index (χ0) is 10.7. The third-order valence-corrected chi connectivity index (χ3v) is 2.35. The first-order valence-electron chi connectivity index (χ1n) is 4.87. The van der Waals surface area contributed by atoms with Crippen LogP contribution in [0.15, 0.2) is 22.8 Å². The third kappa shape index (κ3) is 2.37. The lowest BCUT2D eigenvalue weighted by Crippen LogP contribution is -2.49. The molecular formula is C10H12N2O3. The fourth-order valence-electron chi connectivity index (χ4n) is 1.51. The number of nitrogens with one attached hydrogen (secondary N) is 1. The molecule has 0 unspecified atom stereocenters. The maximum absolute atomic E-state index is 11.3. The van der Waals surface area contributed by atoms with Crippen molar-refractivity contribution in [3.8, 4) is 0 Å². The van der Waals surface area contributed by atoms with Crippen molar-refractivity contribution < 1.29 is 14.0 Å². The van der Waals surface area contributed by atoms with Crippen molar-refractivity contribution in [3.05, 3.63) is 24.2 Å². The van der Waals surface area contributed by atoms with E-state index in [4.69, 9.17) is 4.42 Å². The van der Waals surface area contributed by atoms with E-state index in [0.29, 0.717) is 25.9 Å². The zero-order valence-corrected chi connectivity index (χ0v) is 8.23. The Hall–Kier alpha value is -1.78. The van der Waals surface area contributed by atoms with Gasteiger partial charge in [0, 0.05) is 25.9 Å². The van der Waals surface area contributed by atoms with Crippen molar-refractivity contribution in [1.82, 2.24) is 10.2 Å². The summed E-state index contributed by atoms with van der Waals surface area (Å²) < 4.78 is 5.16. The van der Waals surface area contributed by atoms with E-state index in [-0.39, 0.29) is 11.9 Å². The average Bonchev–Trinajstić information content (AvgIpc) is 2.69. The molecule has 0 saturated carbocycles. The molecule has 1 aliphatic rings. The maximum atomic E-state index is 11.3. The summed E-state index contributed by atoms with van der Waals surface area (Å²) in [4.78, 5) is 23.8. The van der Waals surface area contributed by atoms with E-state index in [1.807, 2.05) is 12.1 Å². The van der Waals surface area contributed by atoms with Gasteiger partial charge in [-0.1, -0.05) is 0 Å². The van der Waals surface area contributed by atoms with Gasteiger partial charge in [0.15, 0.2) is 0 Å². The van der Waals surface area contributed by atoms with Crippen molar-refractivity contribution in [1.29, 1.82) is 0 Å². The molecule has 15 heavy (non-hydrogen) atoms. The number of imide groups is 1. The number of hydrogen-bond donors (Lipinski definition) is 1. The second-order valence-corrected chi connectivity index (χ2v) is 3.42. The summed E-state index contributed by atoms with van der Waals surface area (Å²) in [7, 11) is 0. The summed E-state index contributed by atoms with van der Waals surface area (Å²) in [5, 5.41) is 2.28. The monoisotopic (exact) mass is 208 g/mol. The first-order chi connectivity index (χ1) is 7.25. The van der Waals surface area contributed by atoms with Crippen LogP contribution >= 0.6 is 0 Å². The van der Waals surface area contributed by atoms with Gasteiger partial charge in [-0.05, 0) is 12.1 Å². The SMILES string of the molecule is O=C1CCN(CCc2ccco2)C(=O)N1. The van der Waals surface area contributed by atoms with E-state index in [1.165, 1.54) is 0 Å². The molecule has 0 bridgehead atoms. The molecule has 0 aromatic carbocycles. The van der Waals surface area contributed by atoms with Gasteiger partial charge in [0.2, 0.25) is 5.91 Å². The number of carbonyl (C=O) groups excluding carboxylic acids is 2. The molecule has 0 atom stereocenters. The molecule has 0 aliphatic carbocycles. The molecule has 1 aromatic heterocycles. The van der Waals surface area contributed by atoms with Gasteiger partial charge in [0.05, 0.1) is 6.26 Å². The highest BCUT2D eigenvalue weighted by molar-refractivity contribution is 5.96. The largest absolute Gasteiger partial charge is 0.469 e. The summed E-state index contributed by atoms with van der Waals surface area (Å²) >= 11 is 0. The molecule has 80 valence electrons. The Morgan fingerprint density at radius 3 is 3.00 bits per heavy atom. The number of furan rings is 1. The van der Waals surface area contributed by atoms with Crippen molar-refractivity contribution in [3.63, 3.8) is 0 Å². The highest BCUT2D eigenvalue weighted by Crippen LogP contribution is 2.05. The predicted molar refractivity (Wildman–Crippen MR) is 52.1 cm³/mol. The highest BCUT2D eigenvalue weighted by atomic mass is 16.3. The lowest BCUT2D eigenvalue weighted by molar-refractivity contribution is -0.121. The van der Waals surface area contributed by atoms with Gasteiger partial charge in [-0.15, -0.1) is 0 Å². The second-order valence-electron chi connectivity index (χ2n) is 3.42. The van der Waals surface area contributed by atoms with E-state index in [2.05, 4.69) is 5.32 Å². The van der Waals surface area contributed by atoms with Gasteiger partial charge < -0.3 is 9.32 Å². The van der Waals surface area contributed by atoms with Crippen LogP contribution in [0.25, 0.3) is 0 Å². The Balaban J connectivity index is 1.85. The van der Waals surface area contributed by atoms with Crippen LogP contribution in [0, 0.1) is 0 Å². The summed E-state index contributed by atoms with van der Waals surface area (Å²) in [6, 6.07) is 3.38. The molecule has 5 heteroatoms. The van der Waals surface area contributed by atoms with Gasteiger partial charge >= 0.3 is 6.03 Å². The van der Waals surface area contributed by atoms with Crippen LogP contribution in [-0.4, -0.2) is 29.9 Å². The summed E-state index contributed by atoms with van der Waals surface area (Å²) in [5.41, 5.74) is 0. The van der Waals surface area contributed by atoms with Crippen LogP contribution in [0.2, 0.25) is 0 Å². The van der Waals surface area contributed by atoms with Gasteiger partial charge in [-0.2, -0.15) is 0 Å². The third-order valence-electron chi connectivity index (χ3n) is 2.35. The van der Waals surface area contributed by atoms with Crippen LogP contribution in [-0.2, 0) is 11.2 Å². The van der Waals surface area contributed by atoms with E-state index >= 15 is 0 Å². The molecule has 1 saturated heterocycles. The molecule has 5 nitrogen and oxygen atoms in total. The Morgan fingerprint density at radius 2 is 2.33 bits per heavy atom. The fraction of sp³-hybridized carbons (Fsp3) is 0.400. The van der Waals surface area contributed by atoms with Crippen LogP contribution in [0.3, 0.4) is 0 Å². The van der Waals surface area contributed by atoms with Gasteiger partial charge in [-0.25, -0.2) is 4.79 Å². The minimum absolute atomic E-state index is 0.200. The smallest absolute Gasteiger partial charge is 0.324 e. The lowest BCUT2D eigenvalue weighted by Gasteiger charge is -2.25. The van der Waals surface area contributed by atoms with Crippen LogP contribution in [0.4, 0.5) is 4.79 Å². The van der Waals surface area contributed by atoms with E-state index in [1.54, 1.807) is 11.2 Å². The minimum Gasteiger partial charge on any atom is -0.469 e. The molecule has 1 N–H and O–H groups in total. The number of amides is 3. The van der Waals surface area contributed by atoms with E-state index < -0.39 is 0 Å². The molecule has 1 aromatic rings. The molecule has 0 radical (unpaired) electrons. The fourth-order valence-corrected chi connectivity index (χ4v) is 1.51. The minimum atomic E-state index is -0.308. The Morgan fingerprint density at radius 1 is 1.47 bits per heavy atom. The molecule has 1 fully saturated rings. The summed E-state index contributed by atoms with van der Waals surface area (Å²) in [6.07, 6.45) is 2.66. The molecule has 2 heterocycles. The number of hydrogen-bond acceptors (Lipinski definition) is 3. The van der Waals surface area contributed by atoms with Gasteiger partial charge in [-0.3, -0.25) is 10.1 Å². The Bertz CT molecular complexity index is 359. The standard InChI is InChI=1S/C10H12N2O3/c13-9-4-6-12(10(14)11-9)5-3-8-2-1-7-15-8/h1-2,7H,3-6H2,(H,11,13,14). The van der Waals surface area contributed by atoms with Crippen LogP contribution in [0.1, 0.15) is 12.2 Å². The highest BCUT2D eigenvalue weighted by Gasteiger charge is 2.22. The predicted octanol–water partition coefficient (Wildman–Crippen LogP) is 0.764. The van der Waals surface area contributed by atoms with Gasteiger partial charge in [0.25, 0.3) is 0 Å². The quantitative estimate of drug-likeness (QED) is 0.797.